The topological polar surface area (TPSA) is 91.5 Å². The van der Waals surface area contributed by atoms with Crippen molar-refractivity contribution in [1.82, 2.24) is 9.97 Å². The van der Waals surface area contributed by atoms with Crippen LogP contribution in [-0.2, 0) is 0 Å². The van der Waals surface area contributed by atoms with Gasteiger partial charge in [-0.15, -0.1) is 11.3 Å². The largest absolute Gasteiger partial charge is 0.493 e. The van der Waals surface area contributed by atoms with Gasteiger partial charge in [0, 0.05) is 46.7 Å². The predicted octanol–water partition coefficient (Wildman–Crippen LogP) is 6.46. The van der Waals surface area contributed by atoms with Gasteiger partial charge in [0.1, 0.15) is 15.7 Å². The van der Waals surface area contributed by atoms with Crippen LogP contribution in [0.1, 0.15) is 5.56 Å². The second kappa shape index (κ2) is 9.45. The smallest absolute Gasteiger partial charge is 0.205 e. The van der Waals surface area contributed by atoms with Crippen molar-refractivity contribution < 1.29 is 13.7 Å². The summed E-state index contributed by atoms with van der Waals surface area (Å²) in [6.07, 6.45) is 0. The number of anilines is 3. The fourth-order valence-corrected chi connectivity index (χ4v) is 5.14. The summed E-state index contributed by atoms with van der Waals surface area (Å²) in [4.78, 5) is 9.96. The maximum Gasteiger partial charge on any atom is 0.205 e. The SMILES string of the molecule is COc1cc(Nc2nc(N)c(-c3nc(-c4ccc(C)c(Cl)c4)cs3)s2)cc(OS)c1OC. The average molecular weight is 507 g/mol. The Hall–Kier alpha value is -2.66. The van der Waals surface area contributed by atoms with Gasteiger partial charge in [-0.2, -0.15) is 0 Å². The molecule has 4 rings (SSSR count). The molecule has 11 heteroatoms. The number of halogens is 1. The lowest BCUT2D eigenvalue weighted by molar-refractivity contribution is 0.347. The number of methoxy groups -OCH3 is 2. The first-order valence-corrected chi connectivity index (χ1v) is 11.7. The van der Waals surface area contributed by atoms with Crippen LogP contribution in [0.4, 0.5) is 16.6 Å². The number of nitrogen functional groups attached to an aromatic ring is 1. The molecule has 0 bridgehead atoms. The minimum atomic E-state index is 0.395. The Labute approximate surface area is 203 Å². The van der Waals surface area contributed by atoms with Crippen molar-refractivity contribution in [2.75, 3.05) is 25.3 Å². The van der Waals surface area contributed by atoms with Crippen molar-refractivity contribution in [1.29, 1.82) is 0 Å². The van der Waals surface area contributed by atoms with Crippen LogP contribution in [0, 0.1) is 6.92 Å². The van der Waals surface area contributed by atoms with Gasteiger partial charge in [-0.25, -0.2) is 9.97 Å². The van der Waals surface area contributed by atoms with E-state index in [1.807, 2.05) is 30.5 Å². The van der Waals surface area contributed by atoms with E-state index >= 15 is 0 Å². The Kier molecular flexibility index (Phi) is 6.66. The monoisotopic (exact) mass is 506 g/mol. The van der Waals surface area contributed by atoms with E-state index in [9.17, 15) is 0 Å². The van der Waals surface area contributed by atoms with Gasteiger partial charge in [0.2, 0.25) is 5.75 Å². The normalized spacial score (nSPS) is 10.8. The lowest BCUT2D eigenvalue weighted by Gasteiger charge is -2.13. The van der Waals surface area contributed by atoms with E-state index in [1.54, 1.807) is 19.2 Å². The summed E-state index contributed by atoms with van der Waals surface area (Å²) in [5.41, 5.74) is 9.70. The van der Waals surface area contributed by atoms with Crippen LogP contribution in [0.3, 0.4) is 0 Å². The van der Waals surface area contributed by atoms with Crippen LogP contribution in [0.5, 0.6) is 17.2 Å². The molecule has 0 aliphatic rings. The zero-order valence-corrected chi connectivity index (χ0v) is 20.6. The minimum Gasteiger partial charge on any atom is -0.493 e. The number of nitrogens with zero attached hydrogens (tertiary/aromatic N) is 2. The lowest BCUT2D eigenvalue weighted by atomic mass is 10.1. The number of ether oxygens (including phenoxy) is 2. The van der Waals surface area contributed by atoms with Crippen LogP contribution in [0.25, 0.3) is 21.1 Å². The third-order valence-corrected chi connectivity index (χ3v) is 7.20. The molecule has 0 fully saturated rings. The molecule has 166 valence electrons. The molecule has 0 saturated heterocycles. The first-order chi connectivity index (χ1) is 15.4. The van der Waals surface area contributed by atoms with Crippen molar-refractivity contribution in [3.05, 3.63) is 46.3 Å². The summed E-state index contributed by atoms with van der Waals surface area (Å²) in [5, 5.41) is 7.30. The van der Waals surface area contributed by atoms with Crippen LogP contribution in [-0.4, -0.2) is 24.2 Å². The van der Waals surface area contributed by atoms with Crippen LogP contribution in [0.15, 0.2) is 35.7 Å². The average Bonchev–Trinajstić information content (AvgIpc) is 3.41. The van der Waals surface area contributed by atoms with Gasteiger partial charge in [0.25, 0.3) is 0 Å². The van der Waals surface area contributed by atoms with Gasteiger partial charge in [0.15, 0.2) is 16.6 Å². The number of hydrogen-bond acceptors (Lipinski definition) is 10. The number of thiazole rings is 2. The molecule has 0 unspecified atom stereocenters. The molecule has 32 heavy (non-hydrogen) atoms. The number of rotatable bonds is 7. The van der Waals surface area contributed by atoms with E-state index in [2.05, 4.69) is 23.2 Å². The maximum absolute atomic E-state index is 6.26. The van der Waals surface area contributed by atoms with Crippen molar-refractivity contribution in [3.8, 4) is 38.4 Å². The van der Waals surface area contributed by atoms with E-state index in [1.165, 1.54) is 29.8 Å². The molecule has 2 aromatic carbocycles. The number of aryl methyl sites for hydroxylation is 1. The Morgan fingerprint density at radius 2 is 1.88 bits per heavy atom. The highest BCUT2D eigenvalue weighted by atomic mass is 35.5. The molecule has 2 heterocycles. The summed E-state index contributed by atoms with van der Waals surface area (Å²) < 4.78 is 15.8. The Balaban J connectivity index is 1.62. The molecule has 0 spiro atoms. The second-order valence-corrected chi connectivity index (χ2v) is 9.11. The zero-order valence-electron chi connectivity index (χ0n) is 17.3. The highest BCUT2D eigenvalue weighted by Gasteiger charge is 2.18. The van der Waals surface area contributed by atoms with Crippen molar-refractivity contribution >= 4 is 63.8 Å². The number of benzene rings is 2. The van der Waals surface area contributed by atoms with E-state index in [4.69, 9.17) is 36.0 Å². The van der Waals surface area contributed by atoms with Gasteiger partial charge in [-0.1, -0.05) is 35.1 Å². The van der Waals surface area contributed by atoms with Gasteiger partial charge < -0.3 is 24.7 Å². The second-order valence-electron chi connectivity index (χ2n) is 6.66. The first-order valence-electron chi connectivity index (χ1n) is 9.26. The number of aromatic nitrogens is 2. The van der Waals surface area contributed by atoms with Crippen LogP contribution < -0.4 is 24.7 Å². The molecule has 3 N–H and O–H groups in total. The van der Waals surface area contributed by atoms with Crippen LogP contribution in [0.2, 0.25) is 5.02 Å². The van der Waals surface area contributed by atoms with E-state index in [0.717, 1.165) is 26.7 Å². The number of nitrogens with two attached hydrogens (primary N) is 1. The highest BCUT2D eigenvalue weighted by Crippen LogP contribution is 2.43. The highest BCUT2D eigenvalue weighted by molar-refractivity contribution is 7.75. The molecule has 0 saturated carbocycles. The van der Waals surface area contributed by atoms with Gasteiger partial charge in [-0.3, -0.25) is 0 Å². The van der Waals surface area contributed by atoms with E-state index < -0.39 is 0 Å². The number of hydrogen-bond donors (Lipinski definition) is 3. The summed E-state index contributed by atoms with van der Waals surface area (Å²) >= 11 is 13.1. The molecule has 0 amide bonds. The number of nitrogens with one attached hydrogen (secondary N) is 1. The molecule has 0 radical (unpaired) electrons. The molecule has 0 aliphatic heterocycles. The minimum absolute atomic E-state index is 0.395. The first kappa shape index (κ1) is 22.5. The third-order valence-electron chi connectivity index (χ3n) is 4.61. The van der Waals surface area contributed by atoms with Crippen LogP contribution >= 0.6 is 47.2 Å². The molecule has 0 atom stereocenters. The summed E-state index contributed by atoms with van der Waals surface area (Å²) in [7, 11) is 3.08. The number of thiol groups is 1. The quantitative estimate of drug-likeness (QED) is 0.195. The molecule has 4 aromatic rings. The molecule has 0 aliphatic carbocycles. The van der Waals surface area contributed by atoms with Crippen molar-refractivity contribution in [2.24, 2.45) is 0 Å². The van der Waals surface area contributed by atoms with E-state index in [-0.39, 0.29) is 0 Å². The van der Waals surface area contributed by atoms with Gasteiger partial charge >= 0.3 is 0 Å². The molecular weight excluding hydrogens is 488 g/mol. The predicted molar refractivity (Wildman–Crippen MR) is 135 cm³/mol. The summed E-state index contributed by atoms with van der Waals surface area (Å²) in [6.45, 7) is 1.97. The summed E-state index contributed by atoms with van der Waals surface area (Å²) in [6, 6.07) is 9.40. The third kappa shape index (κ3) is 4.44. The van der Waals surface area contributed by atoms with Crippen molar-refractivity contribution in [2.45, 2.75) is 6.92 Å². The van der Waals surface area contributed by atoms with Gasteiger partial charge in [0.05, 0.1) is 19.9 Å². The Morgan fingerprint density at radius 1 is 1.09 bits per heavy atom. The Bertz CT molecular complexity index is 1250. The zero-order chi connectivity index (χ0) is 22.8. The fraction of sp³-hybridized carbons (Fsp3) is 0.143. The van der Waals surface area contributed by atoms with Gasteiger partial charge in [-0.05, 0) is 18.6 Å². The summed E-state index contributed by atoms with van der Waals surface area (Å²) in [5.74, 6) is 1.74. The molecule has 7 nitrogen and oxygen atoms in total. The molecule has 2 aromatic heterocycles. The maximum atomic E-state index is 6.26. The lowest BCUT2D eigenvalue weighted by Crippen LogP contribution is -1.96. The molecular formula is C21H19ClN4O3S3. The Morgan fingerprint density at radius 3 is 2.56 bits per heavy atom. The standard InChI is InChI=1S/C21H19ClN4O3S3/c1-10-4-5-11(6-13(10)22)14-9-31-20(25-14)18-19(23)26-21(32-18)24-12-7-15(27-2)17(28-3)16(8-12)29-30/h4-9,30H,23H2,1-3H3,(H,24,26). The van der Waals surface area contributed by atoms with Crippen molar-refractivity contribution in [3.63, 3.8) is 0 Å². The van der Waals surface area contributed by atoms with E-state index in [0.29, 0.717) is 38.9 Å². The fourth-order valence-electron chi connectivity index (χ4n) is 2.99.